The summed E-state index contributed by atoms with van der Waals surface area (Å²) in [4.78, 5) is 132. The fourth-order valence-corrected chi connectivity index (χ4v) is 17.1. The summed E-state index contributed by atoms with van der Waals surface area (Å²) in [6, 6.07) is 4.83. The molecular weight excluding hydrogens is 1740 g/mol. The van der Waals surface area contributed by atoms with E-state index >= 15 is 0 Å². The molecule has 3 atom stereocenters. The minimum absolute atomic E-state index is 0.0612. The van der Waals surface area contributed by atoms with E-state index in [-0.39, 0.29) is 99.0 Å². The van der Waals surface area contributed by atoms with E-state index in [0.29, 0.717) is 145 Å². The standard InChI is InChI=1S/C27H25ClF2N6O4S.C26H22Cl2F2N6O4S.C26H23ClF2N6O4S/c1-3-40-26(39)17-21(14-6-9-36(10-7-14)27-32-12-13(2)20(35-27)25(37)38)33-23(24-31-8-11-41-24)34-22(17)15-4-5-16(29)19(30)18(15)28;1-2-40-25(39)16-19(12-5-8-36(9-6-12)26-32-11-14(27)21(35-26)24(37)38)33-22(23-31-7-10-41-23)34-20(16)13-3-4-15(29)18(30)17(13)28;1-2-39-25(38)17-20(13-6-10-35(11-7-13)26-31-8-5-16(32-26)24(36)37)33-22(23-30-9-12-40-23)34-21(17)14-3-4-15(28)19(29)18(14)27/h4-5,8,11-12,14,22H,3,6-7,9-10H2,1-2H3,(H,33,34)(H,37,38);3-4,7,10-12,20H,2,5-6,8-9H2,1H3,(H,33,34)(H,37,38);3-5,8-9,12-13,21H,2,6-7,10-11H2,1H3,(H,33,34)(H,36,37). The smallest absolute Gasteiger partial charge is 0.356 e. The molecule has 6 aromatic heterocycles. The lowest BCUT2D eigenvalue weighted by molar-refractivity contribution is -0.140. The Morgan fingerprint density at radius 2 is 0.762 bits per heavy atom. The van der Waals surface area contributed by atoms with Crippen LogP contribution in [-0.4, -0.2) is 173 Å². The number of halogens is 10. The number of hydrogen-bond acceptors (Lipinski definition) is 30. The summed E-state index contributed by atoms with van der Waals surface area (Å²) in [5, 5.41) is 43.4. The van der Waals surface area contributed by atoms with Crippen LogP contribution in [0.2, 0.25) is 20.1 Å². The van der Waals surface area contributed by atoms with Crippen LogP contribution in [0.15, 0.2) is 145 Å². The maximum Gasteiger partial charge on any atom is 0.356 e. The van der Waals surface area contributed by atoms with Gasteiger partial charge < -0.3 is 60.2 Å². The van der Waals surface area contributed by atoms with Crippen LogP contribution in [0.3, 0.4) is 0 Å². The number of carbonyl (C=O) groups excluding carboxylic acids is 3. The maximum atomic E-state index is 14.6. The zero-order valence-corrected chi connectivity index (χ0v) is 70.0. The molecule has 6 aliphatic rings. The maximum absolute atomic E-state index is 14.6. The van der Waals surface area contributed by atoms with Crippen molar-refractivity contribution in [3.05, 3.63) is 239 Å². The normalized spacial score (nSPS) is 17.8. The Morgan fingerprint density at radius 3 is 1.07 bits per heavy atom. The van der Waals surface area contributed by atoms with Crippen LogP contribution in [0, 0.1) is 59.6 Å². The molecule has 3 saturated heterocycles. The van der Waals surface area contributed by atoms with Crippen LogP contribution in [0.25, 0.3) is 0 Å². The molecule has 0 spiro atoms. The van der Waals surface area contributed by atoms with Crippen molar-refractivity contribution in [1.82, 2.24) is 60.8 Å². The van der Waals surface area contributed by atoms with Crippen LogP contribution < -0.4 is 30.7 Å². The van der Waals surface area contributed by atoms with Crippen molar-refractivity contribution in [2.45, 2.75) is 84.3 Å². The highest BCUT2D eigenvalue weighted by atomic mass is 35.5. The predicted molar refractivity (Wildman–Crippen MR) is 440 cm³/mol. The number of ether oxygens (including phenoxy) is 3. The molecule has 0 bridgehead atoms. The van der Waals surface area contributed by atoms with Crippen LogP contribution >= 0.6 is 80.4 Å². The molecule has 0 saturated carbocycles. The molecule has 12 heterocycles. The molecular formula is C79H70Cl4F6N18O12S3. The second kappa shape index (κ2) is 39.1. The summed E-state index contributed by atoms with van der Waals surface area (Å²) >= 11 is 28.7. The van der Waals surface area contributed by atoms with Gasteiger partial charge in [0, 0.05) is 143 Å². The van der Waals surface area contributed by atoms with Gasteiger partial charge in [0.1, 0.15) is 18.1 Å². The summed E-state index contributed by atoms with van der Waals surface area (Å²) in [7, 11) is 0. The molecule has 122 heavy (non-hydrogen) atoms. The van der Waals surface area contributed by atoms with Gasteiger partial charge in [-0.3, -0.25) is 15.0 Å². The summed E-state index contributed by atoms with van der Waals surface area (Å²) in [5.74, 6) is -11.3. The number of benzene rings is 3. The van der Waals surface area contributed by atoms with Crippen molar-refractivity contribution in [3.8, 4) is 0 Å². The molecule has 636 valence electrons. The van der Waals surface area contributed by atoms with Gasteiger partial charge in [-0.2, -0.15) is 0 Å². The van der Waals surface area contributed by atoms with E-state index in [1.165, 1.54) is 76.9 Å². The number of nitrogens with zero attached hydrogens (tertiary/aromatic N) is 15. The number of nitrogens with one attached hydrogen (secondary N) is 3. The Bertz CT molecular complexity index is 5490. The van der Waals surface area contributed by atoms with Gasteiger partial charge in [-0.25, -0.2) is 100.0 Å². The average molecular weight is 1820 g/mol. The molecule has 43 heteroatoms. The van der Waals surface area contributed by atoms with E-state index in [4.69, 9.17) is 60.6 Å². The first kappa shape index (κ1) is 88.2. The van der Waals surface area contributed by atoms with Gasteiger partial charge in [0.2, 0.25) is 17.8 Å². The lowest BCUT2D eigenvalue weighted by atomic mass is 9.85. The topological polar surface area (TPSA) is 390 Å². The number of aliphatic imine (C=N–C) groups is 3. The van der Waals surface area contributed by atoms with Crippen molar-refractivity contribution in [2.24, 2.45) is 32.7 Å². The summed E-state index contributed by atoms with van der Waals surface area (Å²) < 4.78 is 102. The van der Waals surface area contributed by atoms with Crippen LogP contribution in [-0.2, 0) is 28.6 Å². The minimum Gasteiger partial charge on any atom is -0.477 e. The number of carbonyl (C=O) groups is 6. The molecule has 30 nitrogen and oxygen atoms in total. The van der Waals surface area contributed by atoms with Crippen molar-refractivity contribution in [2.75, 3.05) is 73.8 Å². The third-order valence-electron chi connectivity index (χ3n) is 20.2. The van der Waals surface area contributed by atoms with Crippen molar-refractivity contribution in [3.63, 3.8) is 0 Å². The highest BCUT2D eigenvalue weighted by Gasteiger charge is 2.43. The summed E-state index contributed by atoms with van der Waals surface area (Å²) in [6.07, 6.45) is 12.1. The molecule has 6 aliphatic heterocycles. The van der Waals surface area contributed by atoms with E-state index in [2.05, 4.69) is 75.8 Å². The Morgan fingerprint density at radius 1 is 0.434 bits per heavy atom. The number of anilines is 3. The van der Waals surface area contributed by atoms with E-state index in [0.717, 1.165) is 18.2 Å². The first-order chi connectivity index (χ1) is 58.7. The van der Waals surface area contributed by atoms with E-state index in [1.54, 1.807) is 62.4 Å². The lowest BCUT2D eigenvalue weighted by Crippen LogP contribution is -2.42. The lowest BCUT2D eigenvalue weighted by Gasteiger charge is -2.36. The fourth-order valence-electron chi connectivity index (χ4n) is 14.4. The fraction of sp³-hybridized carbons (Fsp3) is 0.316. The molecule has 15 rings (SSSR count). The molecule has 3 aromatic carbocycles. The Kier molecular flexibility index (Phi) is 28.2. The van der Waals surface area contributed by atoms with Gasteiger partial charge >= 0.3 is 35.8 Å². The van der Waals surface area contributed by atoms with Gasteiger partial charge in [0.15, 0.2) is 84.5 Å². The van der Waals surface area contributed by atoms with Gasteiger partial charge in [0.25, 0.3) is 0 Å². The summed E-state index contributed by atoms with van der Waals surface area (Å²) in [6.45, 7) is 9.61. The SMILES string of the molecule is CCOC(=O)C1=C(C2CCN(c3ncc(C)c(C(=O)O)n3)CC2)NC(c2nccs2)=NC1c1ccc(F)c(F)c1Cl.CCOC(=O)C1=C(C2CCN(c3ncc(Cl)c(C(=O)O)n3)CC2)NC(c2nccs2)=NC1c1ccc(F)c(F)c1Cl.CCOC(=O)C1=C(C2CCN(c3nccc(C(=O)O)n3)CC2)NC(c2nccs2)=NC1c1ccc(F)c(F)c1Cl. The van der Waals surface area contributed by atoms with Crippen LogP contribution in [0.5, 0.6) is 0 Å². The summed E-state index contributed by atoms with van der Waals surface area (Å²) in [5.41, 5.74) is 2.35. The van der Waals surface area contributed by atoms with E-state index in [1.807, 2.05) is 14.7 Å². The molecule has 0 aliphatic carbocycles. The second-order valence-electron chi connectivity index (χ2n) is 27.5. The Hall–Kier alpha value is -11.6. The molecule has 6 N–H and O–H groups in total. The first-order valence-electron chi connectivity index (χ1n) is 37.7. The number of thiazole rings is 3. The molecule has 3 fully saturated rings. The number of esters is 3. The van der Waals surface area contributed by atoms with Crippen molar-refractivity contribution in [1.29, 1.82) is 0 Å². The third kappa shape index (κ3) is 19.2. The number of amidine groups is 3. The number of aromatic carboxylic acids is 3. The van der Waals surface area contributed by atoms with Crippen LogP contribution in [0.1, 0.15) is 146 Å². The number of allylic oxidation sites excluding steroid dienone is 3. The molecule has 3 unspecified atom stereocenters. The first-order valence-corrected chi connectivity index (χ1v) is 41.8. The average Bonchev–Trinajstić information content (AvgIpc) is 0.810. The largest absolute Gasteiger partial charge is 0.477 e. The number of carboxylic acids is 3. The zero-order valence-electron chi connectivity index (χ0n) is 64.5. The highest BCUT2D eigenvalue weighted by Crippen LogP contribution is 2.46. The van der Waals surface area contributed by atoms with E-state index in [9.17, 15) is 70.4 Å². The third-order valence-corrected chi connectivity index (χ3v) is 24.0. The van der Waals surface area contributed by atoms with E-state index < -0.39 is 104 Å². The predicted octanol–water partition coefficient (Wildman–Crippen LogP) is 14.1. The molecule has 0 radical (unpaired) electrons. The van der Waals surface area contributed by atoms with Gasteiger partial charge in [-0.15, -0.1) is 34.0 Å². The van der Waals surface area contributed by atoms with Gasteiger partial charge in [0.05, 0.1) is 62.8 Å². The quantitative estimate of drug-likeness (QED) is 0.0168. The Balaban J connectivity index is 0.000000158. The number of aromatic nitrogens is 9. The monoisotopic (exact) mass is 1810 g/mol. The minimum atomic E-state index is -1.26. The second-order valence-corrected chi connectivity index (χ2v) is 31.7. The molecule has 9 aromatic rings. The number of rotatable bonds is 21. The van der Waals surface area contributed by atoms with Gasteiger partial charge in [-0.1, -0.05) is 64.6 Å². The van der Waals surface area contributed by atoms with Gasteiger partial charge in [-0.05, 0) is 90.5 Å². The zero-order chi connectivity index (χ0) is 86.9. The number of aryl methyl sites for hydroxylation is 1. The number of hydrogen-bond donors (Lipinski definition) is 6. The Labute approximate surface area is 722 Å². The van der Waals surface area contributed by atoms with Crippen molar-refractivity contribution >= 4 is 152 Å². The van der Waals surface area contributed by atoms with Crippen molar-refractivity contribution < 1.29 is 84.6 Å². The highest BCUT2D eigenvalue weighted by molar-refractivity contribution is 7.12. The number of piperidine rings is 3. The van der Waals surface area contributed by atoms with Crippen LogP contribution in [0.4, 0.5) is 44.2 Å². The molecule has 0 amide bonds. The number of carboxylic acid groups (broad SMARTS) is 3.